The Morgan fingerprint density at radius 1 is 1.19 bits per heavy atom. The van der Waals surface area contributed by atoms with Gasteiger partial charge in [-0.3, -0.25) is 0 Å². The Hall–Kier alpha value is -1.07. The van der Waals surface area contributed by atoms with Gasteiger partial charge in [0.2, 0.25) is 0 Å². The number of hydrogen-bond acceptors (Lipinski definition) is 3. The van der Waals surface area contributed by atoms with Gasteiger partial charge in [0.25, 0.3) is 0 Å². The van der Waals surface area contributed by atoms with Crippen molar-refractivity contribution in [3.05, 3.63) is 40.9 Å². The van der Waals surface area contributed by atoms with Crippen molar-refractivity contribution in [1.29, 1.82) is 0 Å². The van der Waals surface area contributed by atoms with Crippen molar-refractivity contribution in [2.24, 2.45) is 0 Å². The van der Waals surface area contributed by atoms with Gasteiger partial charge in [0.1, 0.15) is 5.75 Å². The molecule has 0 saturated carbocycles. The third-order valence-electron chi connectivity index (χ3n) is 2.03. The van der Waals surface area contributed by atoms with Gasteiger partial charge in [-0.2, -0.15) is 8.42 Å². The fraction of sp³-hybridized carbons (Fsp3) is 0.0909. The lowest BCUT2D eigenvalue weighted by Gasteiger charge is -2.06. The van der Waals surface area contributed by atoms with Crippen LogP contribution in [-0.2, 0) is 10.1 Å². The maximum absolute atomic E-state index is 11.0. The molecule has 84 valence electrons. The van der Waals surface area contributed by atoms with Crippen molar-refractivity contribution in [2.45, 2.75) is 0 Å². The fourth-order valence-corrected chi connectivity index (χ4v) is 2.49. The molecule has 0 aliphatic carbocycles. The Kier molecular flexibility index (Phi) is 2.90. The number of halogens is 1. The summed E-state index contributed by atoms with van der Waals surface area (Å²) in [6, 6.07) is 11.0. The normalized spacial score (nSPS) is 11.6. The second-order valence-electron chi connectivity index (χ2n) is 3.41. The summed E-state index contributed by atoms with van der Waals surface area (Å²) in [4.78, 5) is 0. The Labute approximate surface area is 102 Å². The fourth-order valence-electron chi connectivity index (χ4n) is 1.46. The lowest BCUT2D eigenvalue weighted by atomic mass is 10.1. The van der Waals surface area contributed by atoms with E-state index in [0.29, 0.717) is 5.75 Å². The average molecular weight is 301 g/mol. The van der Waals surface area contributed by atoms with E-state index in [2.05, 4.69) is 15.9 Å². The van der Waals surface area contributed by atoms with Crippen LogP contribution in [0.1, 0.15) is 0 Å². The molecule has 0 aliphatic heterocycles. The molecular formula is C11H9BrO3S. The van der Waals surface area contributed by atoms with Crippen LogP contribution in [0, 0.1) is 0 Å². The summed E-state index contributed by atoms with van der Waals surface area (Å²) in [5.41, 5.74) is 0. The average Bonchev–Trinajstić information content (AvgIpc) is 2.15. The van der Waals surface area contributed by atoms with Gasteiger partial charge in [0, 0.05) is 4.47 Å². The summed E-state index contributed by atoms with van der Waals surface area (Å²) in [5, 5.41) is 1.94. The van der Waals surface area contributed by atoms with Gasteiger partial charge in [-0.05, 0) is 22.9 Å². The van der Waals surface area contributed by atoms with Crippen molar-refractivity contribution in [3.63, 3.8) is 0 Å². The van der Waals surface area contributed by atoms with E-state index < -0.39 is 10.1 Å². The highest BCUT2D eigenvalue weighted by Gasteiger charge is 2.07. The van der Waals surface area contributed by atoms with E-state index in [0.717, 1.165) is 21.5 Å². The molecule has 2 aromatic rings. The Morgan fingerprint density at radius 3 is 2.56 bits per heavy atom. The Morgan fingerprint density at radius 2 is 1.88 bits per heavy atom. The Balaban J connectivity index is 2.58. The highest BCUT2D eigenvalue weighted by molar-refractivity contribution is 9.10. The van der Waals surface area contributed by atoms with Gasteiger partial charge in [0.05, 0.1) is 6.26 Å². The molecule has 0 fully saturated rings. The van der Waals surface area contributed by atoms with E-state index in [1.807, 2.05) is 24.3 Å². The summed E-state index contributed by atoms with van der Waals surface area (Å²) < 4.78 is 27.7. The first-order chi connectivity index (χ1) is 7.46. The van der Waals surface area contributed by atoms with E-state index in [1.54, 1.807) is 12.1 Å². The summed E-state index contributed by atoms with van der Waals surface area (Å²) >= 11 is 3.38. The van der Waals surface area contributed by atoms with Crippen LogP contribution in [-0.4, -0.2) is 14.7 Å². The van der Waals surface area contributed by atoms with Crippen LogP contribution in [0.4, 0.5) is 0 Å². The smallest absolute Gasteiger partial charge is 0.306 e. The predicted molar refractivity (Wildman–Crippen MR) is 67.1 cm³/mol. The molecule has 0 aromatic heterocycles. The first kappa shape index (κ1) is 11.4. The van der Waals surface area contributed by atoms with Gasteiger partial charge in [0.15, 0.2) is 0 Å². The van der Waals surface area contributed by atoms with Crippen LogP contribution in [0.2, 0.25) is 0 Å². The van der Waals surface area contributed by atoms with Gasteiger partial charge >= 0.3 is 10.1 Å². The quantitative estimate of drug-likeness (QED) is 0.801. The first-order valence-corrected chi connectivity index (χ1v) is 7.14. The second kappa shape index (κ2) is 4.07. The second-order valence-corrected chi connectivity index (χ2v) is 5.84. The summed E-state index contributed by atoms with van der Waals surface area (Å²) in [7, 11) is -3.48. The molecule has 0 aliphatic rings. The maximum atomic E-state index is 11.0. The van der Waals surface area contributed by atoms with Gasteiger partial charge in [-0.25, -0.2) is 0 Å². The minimum Gasteiger partial charge on any atom is -0.383 e. The largest absolute Gasteiger partial charge is 0.383 e. The molecule has 0 atom stereocenters. The molecule has 16 heavy (non-hydrogen) atoms. The van der Waals surface area contributed by atoms with E-state index in [-0.39, 0.29) is 0 Å². The molecule has 0 spiro atoms. The highest BCUT2D eigenvalue weighted by Crippen LogP contribution is 2.29. The molecule has 0 saturated heterocycles. The SMILES string of the molecule is CS(=O)(=O)Oc1cc(Br)c2ccccc2c1. The number of rotatable bonds is 2. The summed E-state index contributed by atoms with van der Waals surface area (Å²) in [6.07, 6.45) is 1.02. The van der Waals surface area contributed by atoms with Crippen LogP contribution in [0.3, 0.4) is 0 Å². The molecule has 2 aromatic carbocycles. The summed E-state index contributed by atoms with van der Waals surface area (Å²) in [6.45, 7) is 0. The third-order valence-corrected chi connectivity index (χ3v) is 3.18. The van der Waals surface area contributed by atoms with Crippen LogP contribution < -0.4 is 4.18 Å². The molecule has 2 rings (SSSR count). The first-order valence-electron chi connectivity index (χ1n) is 4.53. The monoisotopic (exact) mass is 300 g/mol. The van der Waals surface area contributed by atoms with Crippen LogP contribution in [0.5, 0.6) is 5.75 Å². The van der Waals surface area contributed by atoms with Crippen LogP contribution in [0.25, 0.3) is 10.8 Å². The minimum absolute atomic E-state index is 0.313. The van der Waals surface area contributed by atoms with E-state index in [4.69, 9.17) is 4.18 Å². The van der Waals surface area contributed by atoms with Crippen molar-refractivity contribution >= 4 is 36.8 Å². The molecule has 3 nitrogen and oxygen atoms in total. The molecule has 5 heteroatoms. The van der Waals surface area contributed by atoms with Crippen LogP contribution >= 0.6 is 15.9 Å². The zero-order valence-corrected chi connectivity index (χ0v) is 10.9. The minimum atomic E-state index is -3.48. The van der Waals surface area contributed by atoms with Crippen LogP contribution in [0.15, 0.2) is 40.9 Å². The Bertz CT molecular complexity index is 635. The van der Waals surface area contributed by atoms with Gasteiger partial charge < -0.3 is 4.18 Å². The number of hydrogen-bond donors (Lipinski definition) is 0. The topological polar surface area (TPSA) is 43.4 Å². The zero-order valence-electron chi connectivity index (χ0n) is 8.48. The van der Waals surface area contributed by atoms with E-state index >= 15 is 0 Å². The maximum Gasteiger partial charge on any atom is 0.306 e. The molecule has 0 unspecified atom stereocenters. The van der Waals surface area contributed by atoms with Crippen molar-refractivity contribution in [3.8, 4) is 5.75 Å². The lowest BCUT2D eigenvalue weighted by molar-refractivity contribution is 0.493. The molecule has 0 heterocycles. The standard InChI is InChI=1S/C11H9BrO3S/c1-16(13,14)15-9-6-8-4-2-3-5-10(8)11(12)7-9/h2-7H,1H3. The van der Waals surface area contributed by atoms with Crippen molar-refractivity contribution < 1.29 is 12.6 Å². The zero-order chi connectivity index (χ0) is 11.8. The molecule has 0 bridgehead atoms. The van der Waals surface area contributed by atoms with Gasteiger partial charge in [-0.15, -0.1) is 0 Å². The van der Waals surface area contributed by atoms with Crippen molar-refractivity contribution in [2.75, 3.05) is 6.26 Å². The summed E-state index contributed by atoms with van der Waals surface area (Å²) in [5.74, 6) is 0.313. The predicted octanol–water partition coefficient (Wildman–Crippen LogP) is 2.94. The number of fused-ring (bicyclic) bond motifs is 1. The van der Waals surface area contributed by atoms with Crippen molar-refractivity contribution in [1.82, 2.24) is 0 Å². The van der Waals surface area contributed by atoms with Gasteiger partial charge in [-0.1, -0.05) is 40.2 Å². The third kappa shape index (κ3) is 2.54. The molecule has 0 N–H and O–H groups in total. The molecular weight excluding hydrogens is 292 g/mol. The lowest BCUT2D eigenvalue weighted by Crippen LogP contribution is -2.05. The van der Waals surface area contributed by atoms with E-state index in [9.17, 15) is 8.42 Å². The number of benzene rings is 2. The molecule has 0 radical (unpaired) electrons. The molecule has 0 amide bonds. The van der Waals surface area contributed by atoms with E-state index in [1.165, 1.54) is 0 Å². The highest BCUT2D eigenvalue weighted by atomic mass is 79.9.